The number of ketones is 2. The first-order chi connectivity index (χ1) is 27.5. The van der Waals surface area contributed by atoms with E-state index in [0.29, 0.717) is 30.8 Å². The van der Waals surface area contributed by atoms with Crippen molar-refractivity contribution in [1.29, 1.82) is 0 Å². The second kappa shape index (κ2) is 17.2. The number of ether oxygens (including phenoxy) is 5. The molecule has 0 aromatic heterocycles. The molecule has 1 aliphatic heterocycles. The highest BCUT2D eigenvalue weighted by atomic mass is 16.6. The molecule has 10 heteroatoms. The highest BCUT2D eigenvalue weighted by molar-refractivity contribution is 6.30. The molecule has 0 amide bonds. The number of phenols is 2. The highest BCUT2D eigenvalue weighted by Crippen LogP contribution is 2.45. The molecule has 1 saturated heterocycles. The van der Waals surface area contributed by atoms with Crippen molar-refractivity contribution in [2.75, 3.05) is 7.11 Å². The summed E-state index contributed by atoms with van der Waals surface area (Å²) in [5.74, 6) is -2.47. The second-order valence-electron chi connectivity index (χ2n) is 14.9. The van der Waals surface area contributed by atoms with Gasteiger partial charge in [0.2, 0.25) is 0 Å². The molecule has 1 fully saturated rings. The molecule has 5 atom stereocenters. The zero-order valence-electron chi connectivity index (χ0n) is 32.2. The van der Waals surface area contributed by atoms with Crippen LogP contribution in [-0.4, -0.2) is 58.8 Å². The number of aromatic hydroxyl groups is 2. The standard InChI is InChI=1S/C47H46O10/c1-29-46(55-27-31-15-9-5-10-16-31)38(54-26-30-13-7-4-8-14-30)23-37(57-29)34-21-22-36-41(43(34)50)45(52)35-20-19-33(42(49)40(35)44(36)51)24-47(2,25-39(48)53-3)56-28-32-17-11-6-12-18-32/h4-22,29,37-38,46,49-50H,23-28H2,1-3H3/t29-,37-,38-,46-,47-/m1/s1. The van der Waals surface area contributed by atoms with E-state index in [-0.39, 0.29) is 53.2 Å². The van der Waals surface area contributed by atoms with Crippen molar-refractivity contribution in [3.05, 3.63) is 165 Å². The van der Waals surface area contributed by atoms with Gasteiger partial charge in [-0.1, -0.05) is 103 Å². The lowest BCUT2D eigenvalue weighted by Crippen LogP contribution is -2.47. The number of rotatable bonds is 14. The van der Waals surface area contributed by atoms with E-state index in [1.807, 2.05) is 97.9 Å². The Morgan fingerprint density at radius 2 is 1.25 bits per heavy atom. The molecule has 57 heavy (non-hydrogen) atoms. The van der Waals surface area contributed by atoms with Crippen LogP contribution in [0.5, 0.6) is 11.5 Å². The Balaban J connectivity index is 1.14. The third-order valence-corrected chi connectivity index (χ3v) is 10.7. The molecule has 5 aromatic rings. The SMILES string of the molecule is COC(=O)C[C@@](C)(Cc1ccc2c(c1O)C(=O)c1ccc([C@H]3C[C@@H](OCc4ccccc4)[C@H](OCc4ccccc4)[C@@H](C)O3)c(O)c1C2=O)OCc1ccccc1. The molecule has 0 saturated carbocycles. The summed E-state index contributed by atoms with van der Waals surface area (Å²) in [6.07, 6.45) is -1.80. The van der Waals surface area contributed by atoms with Gasteiger partial charge in [0.25, 0.3) is 0 Å². The van der Waals surface area contributed by atoms with Gasteiger partial charge < -0.3 is 33.9 Å². The van der Waals surface area contributed by atoms with E-state index in [4.69, 9.17) is 23.7 Å². The van der Waals surface area contributed by atoms with Crippen molar-refractivity contribution < 1.29 is 48.3 Å². The van der Waals surface area contributed by atoms with E-state index in [1.54, 1.807) is 19.1 Å². The lowest BCUT2D eigenvalue weighted by atomic mass is 9.79. The van der Waals surface area contributed by atoms with Crippen molar-refractivity contribution in [3.63, 3.8) is 0 Å². The molecule has 1 heterocycles. The van der Waals surface area contributed by atoms with Crippen LogP contribution in [0, 0.1) is 0 Å². The Labute approximate surface area is 331 Å². The summed E-state index contributed by atoms with van der Waals surface area (Å²) in [7, 11) is 1.29. The maximum atomic E-state index is 14.2. The highest BCUT2D eigenvalue weighted by Gasteiger charge is 2.42. The summed E-state index contributed by atoms with van der Waals surface area (Å²) in [4.78, 5) is 40.8. The molecule has 10 nitrogen and oxygen atoms in total. The van der Waals surface area contributed by atoms with Crippen LogP contribution in [0.4, 0.5) is 0 Å². The Hall–Kier alpha value is -5.65. The summed E-state index contributed by atoms with van der Waals surface area (Å²) < 4.78 is 30.6. The van der Waals surface area contributed by atoms with E-state index >= 15 is 0 Å². The van der Waals surface area contributed by atoms with E-state index < -0.39 is 47.6 Å². The topological polar surface area (TPSA) is 138 Å². The smallest absolute Gasteiger partial charge is 0.308 e. The van der Waals surface area contributed by atoms with Crippen LogP contribution in [0.2, 0.25) is 0 Å². The predicted molar refractivity (Wildman–Crippen MR) is 211 cm³/mol. The summed E-state index contributed by atoms with van der Waals surface area (Å²) in [5, 5.41) is 23.4. The van der Waals surface area contributed by atoms with Crippen LogP contribution in [0.15, 0.2) is 115 Å². The molecule has 1 aliphatic carbocycles. The molecule has 2 aliphatic rings. The molecule has 0 radical (unpaired) electrons. The Morgan fingerprint density at radius 3 is 1.82 bits per heavy atom. The Morgan fingerprint density at radius 1 is 0.719 bits per heavy atom. The minimum absolute atomic E-state index is 0.0351. The lowest BCUT2D eigenvalue weighted by molar-refractivity contribution is -0.204. The fourth-order valence-corrected chi connectivity index (χ4v) is 7.72. The number of hydrogen-bond donors (Lipinski definition) is 2. The zero-order valence-corrected chi connectivity index (χ0v) is 32.2. The molecule has 5 aromatic carbocycles. The summed E-state index contributed by atoms with van der Waals surface area (Å²) in [6.45, 7) is 4.51. The van der Waals surface area contributed by atoms with Crippen molar-refractivity contribution in [2.24, 2.45) is 0 Å². The average Bonchev–Trinajstić information content (AvgIpc) is 3.22. The molecular formula is C47H46O10. The fraction of sp³-hybridized carbons (Fsp3) is 0.298. The van der Waals surface area contributed by atoms with Gasteiger partial charge in [-0.2, -0.15) is 0 Å². The van der Waals surface area contributed by atoms with Gasteiger partial charge in [0.05, 0.1) is 68.4 Å². The molecule has 0 spiro atoms. The van der Waals surface area contributed by atoms with Gasteiger partial charge in [-0.15, -0.1) is 0 Å². The number of phenolic OH excluding ortho intramolecular Hbond substituents is 2. The van der Waals surface area contributed by atoms with Gasteiger partial charge in [0.15, 0.2) is 11.6 Å². The van der Waals surface area contributed by atoms with Gasteiger partial charge in [-0.05, 0) is 48.2 Å². The van der Waals surface area contributed by atoms with Crippen molar-refractivity contribution in [1.82, 2.24) is 0 Å². The van der Waals surface area contributed by atoms with Crippen LogP contribution in [0.25, 0.3) is 0 Å². The van der Waals surface area contributed by atoms with Gasteiger partial charge in [-0.25, -0.2) is 0 Å². The monoisotopic (exact) mass is 770 g/mol. The lowest BCUT2D eigenvalue weighted by Gasteiger charge is -2.41. The number of methoxy groups -OCH3 is 1. The van der Waals surface area contributed by atoms with E-state index in [2.05, 4.69) is 0 Å². The first-order valence-corrected chi connectivity index (χ1v) is 19.1. The van der Waals surface area contributed by atoms with Gasteiger partial charge >= 0.3 is 5.97 Å². The van der Waals surface area contributed by atoms with Crippen molar-refractivity contribution in [3.8, 4) is 11.5 Å². The first kappa shape index (κ1) is 39.6. The average molecular weight is 771 g/mol. The number of carbonyl (C=O) groups is 3. The molecular weight excluding hydrogens is 725 g/mol. The second-order valence-corrected chi connectivity index (χ2v) is 14.9. The van der Waals surface area contributed by atoms with Crippen LogP contribution in [-0.2, 0) is 54.7 Å². The van der Waals surface area contributed by atoms with Crippen LogP contribution >= 0.6 is 0 Å². The third kappa shape index (κ3) is 8.69. The van der Waals surface area contributed by atoms with Crippen molar-refractivity contribution in [2.45, 2.75) is 82.9 Å². The molecule has 294 valence electrons. The van der Waals surface area contributed by atoms with Gasteiger partial charge in [-0.3, -0.25) is 14.4 Å². The minimum atomic E-state index is -1.13. The third-order valence-electron chi connectivity index (χ3n) is 10.7. The largest absolute Gasteiger partial charge is 0.507 e. The predicted octanol–water partition coefficient (Wildman–Crippen LogP) is 7.98. The summed E-state index contributed by atoms with van der Waals surface area (Å²) >= 11 is 0. The van der Waals surface area contributed by atoms with Gasteiger partial charge in [0.1, 0.15) is 17.6 Å². The summed E-state index contributed by atoms with van der Waals surface area (Å²) in [5.41, 5.74) is 2.01. The van der Waals surface area contributed by atoms with E-state index in [0.717, 1.165) is 16.7 Å². The number of carbonyl (C=O) groups excluding carboxylic acids is 3. The van der Waals surface area contributed by atoms with E-state index in [9.17, 15) is 24.6 Å². The quantitative estimate of drug-likeness (QED) is 0.105. The maximum absolute atomic E-state index is 14.2. The number of benzene rings is 5. The normalized spacial score (nSPS) is 20.0. The van der Waals surface area contributed by atoms with Gasteiger partial charge in [0, 0.05) is 29.5 Å². The first-order valence-electron chi connectivity index (χ1n) is 19.1. The maximum Gasteiger partial charge on any atom is 0.308 e. The Kier molecular flexibility index (Phi) is 12.0. The molecule has 7 rings (SSSR count). The fourth-order valence-electron chi connectivity index (χ4n) is 7.72. The summed E-state index contributed by atoms with van der Waals surface area (Å²) in [6, 6.07) is 35.2. The van der Waals surface area contributed by atoms with Crippen LogP contribution in [0.3, 0.4) is 0 Å². The Bertz CT molecular complexity index is 2220. The number of fused-ring (bicyclic) bond motifs is 2. The van der Waals surface area contributed by atoms with E-state index in [1.165, 1.54) is 19.2 Å². The van der Waals surface area contributed by atoms with Crippen molar-refractivity contribution >= 4 is 17.5 Å². The van der Waals surface area contributed by atoms with Crippen LogP contribution < -0.4 is 0 Å². The number of hydrogen-bond acceptors (Lipinski definition) is 10. The van der Waals surface area contributed by atoms with Crippen LogP contribution in [0.1, 0.15) is 92.5 Å². The number of esters is 1. The molecule has 0 bridgehead atoms. The zero-order chi connectivity index (χ0) is 40.1. The molecule has 0 unspecified atom stereocenters. The molecule has 2 N–H and O–H groups in total. The minimum Gasteiger partial charge on any atom is -0.507 e.